The highest BCUT2D eigenvalue weighted by molar-refractivity contribution is 7.89. The van der Waals surface area contributed by atoms with Crippen LogP contribution < -0.4 is 5.32 Å². The highest BCUT2D eigenvalue weighted by Crippen LogP contribution is 2.23. The van der Waals surface area contributed by atoms with Gasteiger partial charge in [0, 0.05) is 32.0 Å². The molecule has 27 heavy (non-hydrogen) atoms. The van der Waals surface area contributed by atoms with Crippen LogP contribution in [-0.2, 0) is 10.0 Å². The van der Waals surface area contributed by atoms with Gasteiger partial charge in [-0.05, 0) is 37.3 Å². The summed E-state index contributed by atoms with van der Waals surface area (Å²) in [6, 6.07) is 3.17. The van der Waals surface area contributed by atoms with E-state index in [-0.39, 0.29) is 10.8 Å². The van der Waals surface area contributed by atoms with Gasteiger partial charge in [-0.3, -0.25) is 9.36 Å². The highest BCUT2D eigenvalue weighted by atomic mass is 32.2. The van der Waals surface area contributed by atoms with Crippen molar-refractivity contribution < 1.29 is 13.2 Å². The van der Waals surface area contributed by atoms with E-state index in [2.05, 4.69) is 22.2 Å². The fourth-order valence-corrected chi connectivity index (χ4v) is 4.63. The number of aromatic nitrogens is 3. The lowest BCUT2D eigenvalue weighted by Gasteiger charge is -2.29. The molecule has 1 aliphatic rings. The van der Waals surface area contributed by atoms with Crippen molar-refractivity contribution in [2.45, 2.75) is 38.0 Å². The van der Waals surface area contributed by atoms with Gasteiger partial charge in [-0.25, -0.2) is 18.4 Å². The molecule has 146 valence electrons. The molecule has 1 amide bonds. The molecule has 3 rings (SSSR count). The number of amides is 1. The van der Waals surface area contributed by atoms with Gasteiger partial charge in [0.15, 0.2) is 0 Å². The van der Waals surface area contributed by atoms with E-state index in [1.165, 1.54) is 16.8 Å². The summed E-state index contributed by atoms with van der Waals surface area (Å²) in [5.41, 5.74) is 0.296. The molecule has 1 N–H and O–H groups in total. The molecule has 9 heteroatoms. The molecule has 1 fully saturated rings. The molecule has 0 spiro atoms. The van der Waals surface area contributed by atoms with Crippen molar-refractivity contribution in [1.29, 1.82) is 0 Å². The van der Waals surface area contributed by atoms with Gasteiger partial charge in [-0.1, -0.05) is 13.8 Å². The topological polar surface area (TPSA) is 97.2 Å². The molecule has 1 saturated heterocycles. The molecule has 0 saturated carbocycles. The van der Waals surface area contributed by atoms with E-state index in [4.69, 9.17) is 0 Å². The summed E-state index contributed by atoms with van der Waals surface area (Å²) in [4.78, 5) is 20.5. The van der Waals surface area contributed by atoms with Crippen molar-refractivity contribution in [3.05, 3.63) is 36.5 Å². The molecule has 0 radical (unpaired) electrons. The average Bonchev–Trinajstić information content (AvgIpc) is 3.16. The summed E-state index contributed by atoms with van der Waals surface area (Å²) in [6.07, 6.45) is 7.21. The molecule has 0 aliphatic carbocycles. The number of sulfonamides is 1. The maximum Gasteiger partial charge on any atom is 0.271 e. The van der Waals surface area contributed by atoms with Crippen molar-refractivity contribution in [3.8, 4) is 5.82 Å². The van der Waals surface area contributed by atoms with E-state index in [0.29, 0.717) is 37.1 Å². The van der Waals surface area contributed by atoms with Gasteiger partial charge in [-0.2, -0.15) is 4.31 Å². The Kier molecular flexibility index (Phi) is 5.91. The average molecular weight is 391 g/mol. The highest BCUT2D eigenvalue weighted by Gasteiger charge is 2.28. The molecule has 0 unspecified atom stereocenters. The van der Waals surface area contributed by atoms with Crippen molar-refractivity contribution in [3.63, 3.8) is 0 Å². The number of piperidine rings is 1. The molecule has 3 heterocycles. The minimum atomic E-state index is -3.53. The van der Waals surface area contributed by atoms with Gasteiger partial charge in [-0.15, -0.1) is 0 Å². The van der Waals surface area contributed by atoms with Gasteiger partial charge < -0.3 is 5.32 Å². The Morgan fingerprint density at radius 1 is 1.33 bits per heavy atom. The summed E-state index contributed by atoms with van der Waals surface area (Å²) in [5, 5.41) is 2.76. The fraction of sp³-hybridized carbons (Fsp3) is 0.500. The largest absolute Gasteiger partial charge is 0.351 e. The predicted octanol–water partition coefficient (Wildman–Crippen LogP) is 1.83. The van der Waals surface area contributed by atoms with Crippen LogP contribution in [0.25, 0.3) is 5.82 Å². The first-order valence-electron chi connectivity index (χ1n) is 9.20. The monoisotopic (exact) mass is 391 g/mol. The molecule has 2 aromatic heterocycles. The number of nitrogens with one attached hydrogen (secondary N) is 1. The molecule has 2 aromatic rings. The summed E-state index contributed by atoms with van der Waals surface area (Å²) in [6.45, 7) is 5.72. The molecule has 1 aliphatic heterocycles. The van der Waals surface area contributed by atoms with Crippen molar-refractivity contribution in [1.82, 2.24) is 24.2 Å². The van der Waals surface area contributed by atoms with E-state index in [0.717, 1.165) is 19.3 Å². The van der Waals surface area contributed by atoms with Gasteiger partial charge >= 0.3 is 0 Å². The lowest BCUT2D eigenvalue weighted by atomic mass is 10.0. The first-order chi connectivity index (χ1) is 12.9. The summed E-state index contributed by atoms with van der Waals surface area (Å²) < 4.78 is 28.7. The molecule has 0 aromatic carbocycles. The third-order valence-corrected chi connectivity index (χ3v) is 6.44. The lowest BCUT2D eigenvalue weighted by Crippen LogP contribution is -2.39. The van der Waals surface area contributed by atoms with E-state index < -0.39 is 10.0 Å². The first-order valence-corrected chi connectivity index (χ1v) is 10.6. The molecule has 0 bridgehead atoms. The summed E-state index contributed by atoms with van der Waals surface area (Å²) in [5.74, 6) is 0.626. The van der Waals surface area contributed by atoms with Crippen molar-refractivity contribution in [2.75, 3.05) is 19.6 Å². The number of carbonyl (C=O) groups excluding carboxylic acids is 1. The smallest absolute Gasteiger partial charge is 0.271 e. The quantitative estimate of drug-likeness (QED) is 0.810. The van der Waals surface area contributed by atoms with Crippen molar-refractivity contribution in [2.24, 2.45) is 5.92 Å². The van der Waals surface area contributed by atoms with E-state index >= 15 is 0 Å². The number of nitrogens with zero attached hydrogens (tertiary/aromatic N) is 4. The summed E-state index contributed by atoms with van der Waals surface area (Å²) >= 11 is 0. The van der Waals surface area contributed by atoms with E-state index in [1.54, 1.807) is 22.9 Å². The minimum Gasteiger partial charge on any atom is -0.351 e. The maximum absolute atomic E-state index is 12.8. The predicted molar refractivity (Wildman–Crippen MR) is 101 cm³/mol. The fourth-order valence-electron chi connectivity index (χ4n) is 3.09. The third-order valence-electron chi connectivity index (χ3n) is 4.59. The minimum absolute atomic E-state index is 0.182. The standard InChI is InChI=1S/C18H25N5O3S/c1-3-8-19-18(24)16-12-22(13-21-16)17-7-6-15(10-20-17)27(25,26)23-9-4-5-14(2)11-23/h6-7,10,12-14H,3-5,8-9,11H2,1-2H3,(H,19,24)/t14-/m1/s1. The Hall–Kier alpha value is -2.26. The Bertz CT molecular complexity index is 892. The Labute approximate surface area is 159 Å². The molecule has 1 atom stereocenters. The number of imidazole rings is 1. The summed E-state index contributed by atoms with van der Waals surface area (Å²) in [7, 11) is -3.53. The van der Waals surface area contributed by atoms with Gasteiger partial charge in [0.1, 0.15) is 22.7 Å². The van der Waals surface area contributed by atoms with Crippen LogP contribution in [0.3, 0.4) is 0 Å². The van der Waals surface area contributed by atoms with Crippen LogP contribution >= 0.6 is 0 Å². The number of hydrogen-bond donors (Lipinski definition) is 1. The molecular weight excluding hydrogens is 366 g/mol. The zero-order chi connectivity index (χ0) is 19.4. The second-order valence-electron chi connectivity index (χ2n) is 6.88. The van der Waals surface area contributed by atoms with Crippen LogP contribution in [0.1, 0.15) is 43.6 Å². The van der Waals surface area contributed by atoms with Crippen LogP contribution in [0.4, 0.5) is 0 Å². The Morgan fingerprint density at radius 2 is 2.15 bits per heavy atom. The molecule has 8 nitrogen and oxygen atoms in total. The Morgan fingerprint density at radius 3 is 2.81 bits per heavy atom. The second-order valence-corrected chi connectivity index (χ2v) is 8.82. The molecular formula is C18H25N5O3S. The van der Waals surface area contributed by atoms with Gasteiger partial charge in [0.05, 0.1) is 0 Å². The Balaban J connectivity index is 1.75. The van der Waals surface area contributed by atoms with E-state index in [1.807, 2.05) is 6.92 Å². The van der Waals surface area contributed by atoms with Crippen LogP contribution in [0.2, 0.25) is 0 Å². The first kappa shape index (κ1) is 19.5. The third kappa shape index (κ3) is 4.36. The zero-order valence-corrected chi connectivity index (χ0v) is 16.4. The van der Waals surface area contributed by atoms with Crippen LogP contribution in [0.5, 0.6) is 0 Å². The second kappa shape index (κ2) is 8.18. The van der Waals surface area contributed by atoms with Gasteiger partial charge in [0.25, 0.3) is 5.91 Å². The normalized spacial score (nSPS) is 18.4. The van der Waals surface area contributed by atoms with Crippen LogP contribution in [0.15, 0.2) is 35.7 Å². The number of hydrogen-bond acceptors (Lipinski definition) is 5. The van der Waals surface area contributed by atoms with Gasteiger partial charge in [0.2, 0.25) is 10.0 Å². The van der Waals surface area contributed by atoms with Crippen molar-refractivity contribution >= 4 is 15.9 Å². The number of carbonyl (C=O) groups is 1. The number of pyridine rings is 1. The SMILES string of the molecule is CCCNC(=O)c1cn(-c2ccc(S(=O)(=O)N3CCC[C@@H](C)C3)cn2)cn1. The van der Waals surface area contributed by atoms with E-state index in [9.17, 15) is 13.2 Å². The van der Waals surface area contributed by atoms with Crippen LogP contribution in [0, 0.1) is 5.92 Å². The lowest BCUT2D eigenvalue weighted by molar-refractivity contribution is 0.0949. The van der Waals surface area contributed by atoms with Crippen LogP contribution in [-0.4, -0.2) is 52.8 Å². The number of rotatable bonds is 6. The zero-order valence-electron chi connectivity index (χ0n) is 15.6. The maximum atomic E-state index is 12.8.